The van der Waals surface area contributed by atoms with Gasteiger partial charge in [-0.2, -0.15) is 4.31 Å². The summed E-state index contributed by atoms with van der Waals surface area (Å²) in [6.07, 6.45) is 1.67. The first-order valence-corrected chi connectivity index (χ1v) is 14.0. The normalized spacial score (nSPS) is 15.2. The van der Waals surface area contributed by atoms with Gasteiger partial charge >= 0.3 is 0 Å². The largest absolute Gasteiger partial charge is 0.322 e. The van der Waals surface area contributed by atoms with E-state index in [1.807, 2.05) is 42.5 Å². The fourth-order valence-corrected chi connectivity index (χ4v) is 6.35. The van der Waals surface area contributed by atoms with Crippen molar-refractivity contribution < 1.29 is 13.2 Å². The molecule has 1 N–H and O–H groups in total. The number of sulfonamides is 1. The van der Waals surface area contributed by atoms with Crippen molar-refractivity contribution in [3.63, 3.8) is 0 Å². The van der Waals surface area contributed by atoms with Crippen LogP contribution in [0.2, 0.25) is 5.02 Å². The maximum atomic E-state index is 13.1. The predicted octanol–water partition coefficient (Wildman–Crippen LogP) is 6.31. The van der Waals surface area contributed by atoms with Crippen molar-refractivity contribution >= 4 is 45.0 Å². The number of nitrogens with one attached hydrogen (secondary N) is 1. The Balaban J connectivity index is 1.43. The first-order valence-electron chi connectivity index (χ1n) is 11.2. The second-order valence-corrected chi connectivity index (χ2v) is 11.9. The minimum atomic E-state index is -3.67. The predicted molar refractivity (Wildman–Crippen MR) is 139 cm³/mol. The third kappa shape index (κ3) is 6.02. The summed E-state index contributed by atoms with van der Waals surface area (Å²) in [5, 5.41) is 3.03. The van der Waals surface area contributed by atoms with Crippen LogP contribution in [-0.2, 0) is 15.8 Å². The maximum absolute atomic E-state index is 13.1. The molecule has 1 fully saturated rings. The van der Waals surface area contributed by atoms with Crippen LogP contribution < -0.4 is 5.32 Å². The molecular formula is C26H27ClN2O3S2. The van der Waals surface area contributed by atoms with Crippen LogP contribution in [0.4, 0.5) is 5.69 Å². The zero-order valence-electron chi connectivity index (χ0n) is 18.9. The average Bonchev–Trinajstić information content (AvgIpc) is 2.84. The minimum Gasteiger partial charge on any atom is -0.322 e. The SMILES string of the molecule is CC1CCN(S(=O)(=O)c2ccc(Cl)c(C(=O)Nc3ccc(CSc4ccccc4)cc3)c2)CC1. The van der Waals surface area contributed by atoms with E-state index < -0.39 is 15.9 Å². The van der Waals surface area contributed by atoms with E-state index in [0.29, 0.717) is 24.7 Å². The van der Waals surface area contributed by atoms with E-state index >= 15 is 0 Å². The summed E-state index contributed by atoms with van der Waals surface area (Å²) in [7, 11) is -3.67. The molecule has 1 aliphatic rings. The number of thioether (sulfide) groups is 1. The molecule has 0 bridgehead atoms. The molecule has 1 heterocycles. The molecule has 0 spiro atoms. The van der Waals surface area contributed by atoms with E-state index in [9.17, 15) is 13.2 Å². The quantitative estimate of drug-likeness (QED) is 0.375. The zero-order chi connectivity index (χ0) is 24.1. The standard InChI is InChI=1S/C26H27ClN2O3S2/c1-19-13-15-29(16-14-19)34(31,32)23-11-12-25(27)24(17-23)26(30)28-21-9-7-20(8-10-21)18-33-22-5-3-2-4-6-22/h2-12,17,19H,13-16,18H2,1H3,(H,28,30). The molecular weight excluding hydrogens is 488 g/mol. The van der Waals surface area contributed by atoms with Gasteiger partial charge in [0.2, 0.25) is 10.0 Å². The van der Waals surface area contributed by atoms with Gasteiger partial charge in [0.05, 0.1) is 15.5 Å². The highest BCUT2D eigenvalue weighted by Gasteiger charge is 2.29. The summed E-state index contributed by atoms with van der Waals surface area (Å²) in [4.78, 5) is 14.2. The molecule has 0 atom stereocenters. The van der Waals surface area contributed by atoms with Crippen molar-refractivity contribution in [1.29, 1.82) is 0 Å². The van der Waals surface area contributed by atoms with Crippen molar-refractivity contribution in [2.45, 2.75) is 35.3 Å². The molecule has 8 heteroatoms. The van der Waals surface area contributed by atoms with Crippen LogP contribution in [0.3, 0.4) is 0 Å². The highest BCUT2D eigenvalue weighted by molar-refractivity contribution is 7.98. The highest BCUT2D eigenvalue weighted by Crippen LogP contribution is 2.28. The van der Waals surface area contributed by atoms with E-state index in [0.717, 1.165) is 24.2 Å². The minimum absolute atomic E-state index is 0.0879. The fraction of sp³-hybridized carbons (Fsp3) is 0.269. The third-order valence-electron chi connectivity index (χ3n) is 5.92. The summed E-state index contributed by atoms with van der Waals surface area (Å²) in [6.45, 7) is 3.11. The van der Waals surface area contributed by atoms with Crippen molar-refractivity contribution in [2.75, 3.05) is 18.4 Å². The number of carbonyl (C=O) groups excluding carboxylic acids is 1. The Bertz CT molecular complexity index is 1240. The van der Waals surface area contributed by atoms with E-state index in [4.69, 9.17) is 11.6 Å². The van der Waals surface area contributed by atoms with Gasteiger partial charge in [-0.1, -0.05) is 48.9 Å². The van der Waals surface area contributed by atoms with Gasteiger partial charge in [0.1, 0.15) is 0 Å². The number of hydrogen-bond acceptors (Lipinski definition) is 4. The molecule has 1 aliphatic heterocycles. The summed E-state index contributed by atoms with van der Waals surface area (Å²) < 4.78 is 27.7. The van der Waals surface area contributed by atoms with E-state index in [1.54, 1.807) is 11.8 Å². The van der Waals surface area contributed by atoms with E-state index in [2.05, 4.69) is 24.4 Å². The van der Waals surface area contributed by atoms with Crippen LogP contribution in [0.15, 0.2) is 82.6 Å². The highest BCUT2D eigenvalue weighted by atomic mass is 35.5. The molecule has 0 radical (unpaired) electrons. The first kappa shape index (κ1) is 24.8. The van der Waals surface area contributed by atoms with E-state index in [-0.39, 0.29) is 15.5 Å². The number of halogens is 1. The molecule has 34 heavy (non-hydrogen) atoms. The van der Waals surface area contributed by atoms with Crippen LogP contribution in [0.5, 0.6) is 0 Å². The Morgan fingerprint density at radius 2 is 1.71 bits per heavy atom. The number of benzene rings is 3. The monoisotopic (exact) mass is 514 g/mol. The molecule has 0 aromatic heterocycles. The molecule has 178 valence electrons. The average molecular weight is 515 g/mol. The van der Waals surface area contributed by atoms with Gasteiger partial charge in [0, 0.05) is 29.4 Å². The lowest BCUT2D eigenvalue weighted by atomic mass is 10.0. The van der Waals surface area contributed by atoms with Gasteiger partial charge < -0.3 is 5.32 Å². The molecule has 0 unspecified atom stereocenters. The van der Waals surface area contributed by atoms with Crippen molar-refractivity contribution in [3.05, 3.63) is 88.9 Å². The van der Waals surface area contributed by atoms with E-state index in [1.165, 1.54) is 27.4 Å². The topological polar surface area (TPSA) is 66.5 Å². The van der Waals surface area contributed by atoms with Gasteiger partial charge in [0.25, 0.3) is 5.91 Å². The Kier molecular flexibility index (Phi) is 7.99. The van der Waals surface area contributed by atoms with Gasteiger partial charge in [0.15, 0.2) is 0 Å². The fourth-order valence-electron chi connectivity index (χ4n) is 3.78. The number of rotatable bonds is 7. The maximum Gasteiger partial charge on any atom is 0.257 e. The Morgan fingerprint density at radius 1 is 1.03 bits per heavy atom. The Hall–Kier alpha value is -2.32. The lowest BCUT2D eigenvalue weighted by Crippen LogP contribution is -2.37. The van der Waals surface area contributed by atoms with Crippen LogP contribution in [-0.4, -0.2) is 31.7 Å². The second kappa shape index (κ2) is 11.0. The Labute approximate surface area is 210 Å². The van der Waals surface area contributed by atoms with Gasteiger partial charge in [-0.15, -0.1) is 11.8 Å². The van der Waals surface area contributed by atoms with Crippen molar-refractivity contribution in [1.82, 2.24) is 4.31 Å². The number of carbonyl (C=O) groups is 1. The number of anilines is 1. The second-order valence-electron chi connectivity index (χ2n) is 8.48. The molecule has 0 saturated carbocycles. The molecule has 0 aliphatic carbocycles. The number of hydrogen-bond donors (Lipinski definition) is 1. The molecule has 5 nitrogen and oxygen atoms in total. The zero-order valence-corrected chi connectivity index (χ0v) is 21.3. The van der Waals surface area contributed by atoms with Crippen molar-refractivity contribution in [3.8, 4) is 0 Å². The smallest absolute Gasteiger partial charge is 0.257 e. The van der Waals surface area contributed by atoms with Crippen LogP contribution >= 0.6 is 23.4 Å². The number of piperidine rings is 1. The van der Waals surface area contributed by atoms with Gasteiger partial charge in [-0.3, -0.25) is 4.79 Å². The summed E-state index contributed by atoms with van der Waals surface area (Å²) in [6, 6.07) is 22.1. The van der Waals surface area contributed by atoms with Crippen LogP contribution in [0, 0.1) is 5.92 Å². The number of amides is 1. The summed E-state index contributed by atoms with van der Waals surface area (Å²) >= 11 is 8.01. The van der Waals surface area contributed by atoms with Gasteiger partial charge in [-0.25, -0.2) is 8.42 Å². The van der Waals surface area contributed by atoms with Gasteiger partial charge in [-0.05, 0) is 66.8 Å². The molecule has 1 saturated heterocycles. The first-order chi connectivity index (χ1) is 16.3. The third-order valence-corrected chi connectivity index (χ3v) is 9.23. The summed E-state index contributed by atoms with van der Waals surface area (Å²) in [5.41, 5.74) is 1.89. The lowest BCUT2D eigenvalue weighted by molar-refractivity contribution is 0.102. The molecule has 3 aromatic rings. The Morgan fingerprint density at radius 3 is 2.38 bits per heavy atom. The summed E-state index contributed by atoms with van der Waals surface area (Å²) in [5.74, 6) is 0.890. The van der Waals surface area contributed by atoms with Crippen molar-refractivity contribution in [2.24, 2.45) is 5.92 Å². The van der Waals surface area contributed by atoms with Crippen LogP contribution in [0.1, 0.15) is 35.7 Å². The van der Waals surface area contributed by atoms with Crippen LogP contribution in [0.25, 0.3) is 0 Å². The number of nitrogens with zero attached hydrogens (tertiary/aromatic N) is 1. The molecule has 4 rings (SSSR count). The lowest BCUT2D eigenvalue weighted by Gasteiger charge is -2.29. The molecule has 1 amide bonds. The molecule has 3 aromatic carbocycles.